The van der Waals surface area contributed by atoms with Crippen molar-refractivity contribution < 1.29 is 9.53 Å². The maximum absolute atomic E-state index is 11.7. The van der Waals surface area contributed by atoms with Gasteiger partial charge in [-0.05, 0) is 13.0 Å². The van der Waals surface area contributed by atoms with E-state index in [1.54, 1.807) is 24.7 Å². The highest BCUT2D eigenvalue weighted by molar-refractivity contribution is 7.09. The summed E-state index contributed by atoms with van der Waals surface area (Å²) in [5.74, 6) is -0.507. The van der Waals surface area contributed by atoms with Gasteiger partial charge in [-0.2, -0.15) is 0 Å². The maximum atomic E-state index is 11.7. The minimum Gasteiger partial charge on any atom is -0.456 e. The van der Waals surface area contributed by atoms with Crippen LogP contribution in [0.1, 0.15) is 20.9 Å². The molecule has 0 aliphatic heterocycles. The van der Waals surface area contributed by atoms with Crippen molar-refractivity contribution in [1.29, 1.82) is 0 Å². The molecule has 0 aromatic carbocycles. The number of nitrogens with zero attached hydrogens (tertiary/aromatic N) is 1. The Balaban J connectivity index is 2.07. The van der Waals surface area contributed by atoms with Gasteiger partial charge in [0.1, 0.15) is 6.61 Å². The average molecular weight is 250 g/mol. The van der Waals surface area contributed by atoms with E-state index in [1.807, 2.05) is 0 Å². The maximum Gasteiger partial charge on any atom is 0.338 e. The number of aromatic amines is 1. The molecule has 0 aliphatic carbocycles. The number of hydrogen-bond donors (Lipinski definition) is 1. The van der Waals surface area contributed by atoms with Gasteiger partial charge in [0.2, 0.25) is 5.56 Å². The molecule has 2 heterocycles. The van der Waals surface area contributed by atoms with E-state index in [0.717, 1.165) is 4.88 Å². The molecule has 6 heteroatoms. The zero-order chi connectivity index (χ0) is 12.3. The van der Waals surface area contributed by atoms with Crippen LogP contribution >= 0.6 is 11.3 Å². The van der Waals surface area contributed by atoms with Crippen molar-refractivity contribution in [2.75, 3.05) is 0 Å². The van der Waals surface area contributed by atoms with Crippen LogP contribution in [0.15, 0.2) is 28.6 Å². The number of rotatable bonds is 3. The van der Waals surface area contributed by atoms with Crippen LogP contribution in [0, 0.1) is 6.92 Å². The summed E-state index contributed by atoms with van der Waals surface area (Å²) in [6, 6.07) is 2.80. The molecule has 0 atom stereocenters. The number of nitrogens with one attached hydrogen (secondary N) is 1. The molecule has 1 N–H and O–H groups in total. The summed E-state index contributed by atoms with van der Waals surface area (Å²) in [4.78, 5) is 30.1. The molecule has 2 aromatic heterocycles. The van der Waals surface area contributed by atoms with Gasteiger partial charge in [-0.15, -0.1) is 11.3 Å². The molecular weight excluding hydrogens is 240 g/mol. The van der Waals surface area contributed by atoms with Crippen LogP contribution < -0.4 is 5.56 Å². The lowest BCUT2D eigenvalue weighted by Crippen LogP contribution is -2.12. The summed E-state index contributed by atoms with van der Waals surface area (Å²) >= 11 is 1.41. The van der Waals surface area contributed by atoms with Crippen molar-refractivity contribution in [2.24, 2.45) is 0 Å². The molecule has 17 heavy (non-hydrogen) atoms. The Hall–Kier alpha value is -1.95. The van der Waals surface area contributed by atoms with Gasteiger partial charge in [-0.1, -0.05) is 0 Å². The van der Waals surface area contributed by atoms with Crippen molar-refractivity contribution in [3.05, 3.63) is 50.3 Å². The summed E-state index contributed by atoms with van der Waals surface area (Å²) in [6.07, 6.45) is 1.64. The molecule has 0 fully saturated rings. The molecule has 0 aliphatic rings. The number of hydrogen-bond acceptors (Lipinski definition) is 5. The van der Waals surface area contributed by atoms with Gasteiger partial charge >= 0.3 is 5.97 Å². The van der Waals surface area contributed by atoms with E-state index in [4.69, 9.17) is 4.74 Å². The van der Waals surface area contributed by atoms with E-state index < -0.39 is 5.97 Å². The van der Waals surface area contributed by atoms with E-state index in [2.05, 4.69) is 9.97 Å². The molecule has 5 nitrogen and oxygen atoms in total. The highest BCUT2D eigenvalue weighted by atomic mass is 32.1. The fraction of sp³-hybridized carbons (Fsp3) is 0.182. The van der Waals surface area contributed by atoms with Crippen molar-refractivity contribution in [3.8, 4) is 0 Å². The third-order valence-corrected chi connectivity index (χ3v) is 2.80. The summed E-state index contributed by atoms with van der Waals surface area (Å²) in [5.41, 5.74) is 2.24. The minimum atomic E-state index is -0.507. The van der Waals surface area contributed by atoms with Gasteiger partial charge < -0.3 is 9.72 Å². The largest absolute Gasteiger partial charge is 0.456 e. The van der Waals surface area contributed by atoms with E-state index in [1.165, 1.54) is 17.4 Å². The van der Waals surface area contributed by atoms with Crippen molar-refractivity contribution in [3.63, 3.8) is 0 Å². The highest BCUT2D eigenvalue weighted by Crippen LogP contribution is 2.09. The normalized spacial score (nSPS) is 10.2. The van der Waals surface area contributed by atoms with Crippen molar-refractivity contribution >= 4 is 17.3 Å². The smallest absolute Gasteiger partial charge is 0.338 e. The van der Waals surface area contributed by atoms with E-state index in [-0.39, 0.29) is 17.7 Å². The third kappa shape index (κ3) is 3.01. The SMILES string of the molecule is Cc1cc(C(=O)OCc2cncs2)cc(=O)[nH]1. The number of aryl methyl sites for hydroxylation is 1. The first-order valence-corrected chi connectivity index (χ1v) is 5.78. The Bertz CT molecular complexity index is 575. The monoisotopic (exact) mass is 250 g/mol. The number of thiazole rings is 1. The van der Waals surface area contributed by atoms with Crippen LogP contribution in [0.3, 0.4) is 0 Å². The van der Waals surface area contributed by atoms with E-state index in [9.17, 15) is 9.59 Å². The fourth-order valence-corrected chi connectivity index (χ4v) is 1.84. The fourth-order valence-electron chi connectivity index (χ4n) is 1.33. The summed E-state index contributed by atoms with van der Waals surface area (Å²) in [6.45, 7) is 1.89. The average Bonchev–Trinajstić information content (AvgIpc) is 2.77. The zero-order valence-corrected chi connectivity index (χ0v) is 9.91. The molecule has 0 unspecified atom stereocenters. The van der Waals surface area contributed by atoms with Gasteiger partial charge in [-0.3, -0.25) is 9.78 Å². The molecular formula is C11H10N2O3S. The number of esters is 1. The minimum absolute atomic E-state index is 0.176. The van der Waals surface area contributed by atoms with Crippen LogP contribution in [0.4, 0.5) is 0 Å². The number of carbonyl (C=O) groups is 1. The second-order valence-corrected chi connectivity index (χ2v) is 4.43. The molecule has 2 aromatic rings. The van der Waals surface area contributed by atoms with Gasteiger partial charge in [0.25, 0.3) is 0 Å². The third-order valence-electron chi connectivity index (χ3n) is 2.04. The van der Waals surface area contributed by atoms with Crippen LogP contribution in [0.25, 0.3) is 0 Å². The number of ether oxygens (including phenoxy) is 1. The van der Waals surface area contributed by atoms with Crippen molar-refractivity contribution in [2.45, 2.75) is 13.5 Å². The van der Waals surface area contributed by atoms with Gasteiger partial charge in [0, 0.05) is 18.0 Å². The standard InChI is InChI=1S/C11H10N2O3S/c1-7-2-8(3-10(14)13-7)11(15)16-5-9-4-12-6-17-9/h2-4,6H,5H2,1H3,(H,13,14). The van der Waals surface area contributed by atoms with E-state index in [0.29, 0.717) is 5.69 Å². The first-order chi connectivity index (χ1) is 8.15. The predicted molar refractivity (Wildman–Crippen MR) is 63.0 cm³/mol. The molecule has 0 spiro atoms. The summed E-state index contributed by atoms with van der Waals surface area (Å²) in [5, 5.41) is 0. The second kappa shape index (κ2) is 4.92. The lowest BCUT2D eigenvalue weighted by Gasteiger charge is -2.03. The van der Waals surface area contributed by atoms with E-state index >= 15 is 0 Å². The zero-order valence-electron chi connectivity index (χ0n) is 9.10. The Morgan fingerprint density at radius 2 is 2.35 bits per heavy atom. The Kier molecular flexibility index (Phi) is 3.34. The van der Waals surface area contributed by atoms with Gasteiger partial charge in [-0.25, -0.2) is 4.79 Å². The van der Waals surface area contributed by atoms with Crippen LogP contribution in [0.2, 0.25) is 0 Å². The Labute approximate surface area is 101 Å². The Morgan fingerprint density at radius 3 is 3.00 bits per heavy atom. The number of pyridine rings is 1. The molecule has 88 valence electrons. The molecule has 0 radical (unpaired) electrons. The predicted octanol–water partition coefficient (Wildman–Crippen LogP) is 1.50. The Morgan fingerprint density at radius 1 is 1.53 bits per heavy atom. The lowest BCUT2D eigenvalue weighted by atomic mass is 10.2. The molecule has 0 amide bonds. The molecule has 2 rings (SSSR count). The van der Waals surface area contributed by atoms with Crippen molar-refractivity contribution in [1.82, 2.24) is 9.97 Å². The lowest BCUT2D eigenvalue weighted by molar-refractivity contribution is 0.0476. The first-order valence-electron chi connectivity index (χ1n) is 4.90. The second-order valence-electron chi connectivity index (χ2n) is 3.46. The van der Waals surface area contributed by atoms with Gasteiger partial charge in [0.15, 0.2) is 0 Å². The highest BCUT2D eigenvalue weighted by Gasteiger charge is 2.09. The molecule has 0 saturated carbocycles. The van der Waals surface area contributed by atoms with Crippen LogP contribution in [0.5, 0.6) is 0 Å². The van der Waals surface area contributed by atoms with Gasteiger partial charge in [0.05, 0.1) is 16.0 Å². The summed E-state index contributed by atoms with van der Waals surface area (Å²) < 4.78 is 5.06. The number of aromatic nitrogens is 2. The number of carbonyl (C=O) groups excluding carboxylic acids is 1. The first kappa shape index (κ1) is 11.5. The molecule has 0 bridgehead atoms. The topological polar surface area (TPSA) is 72.0 Å². The molecule has 0 saturated heterocycles. The van der Waals surface area contributed by atoms with Crippen LogP contribution in [-0.4, -0.2) is 15.9 Å². The number of H-pyrrole nitrogens is 1. The van der Waals surface area contributed by atoms with Crippen LogP contribution in [-0.2, 0) is 11.3 Å². The quantitative estimate of drug-likeness (QED) is 0.838. The summed E-state index contributed by atoms with van der Waals surface area (Å²) in [7, 11) is 0.